The number of piperazine rings is 1. The van der Waals surface area contributed by atoms with Crippen molar-refractivity contribution in [2.45, 2.75) is 32.0 Å². The van der Waals surface area contributed by atoms with E-state index in [0.717, 1.165) is 41.7 Å². The van der Waals surface area contributed by atoms with Gasteiger partial charge in [0.05, 0.1) is 32.8 Å². The van der Waals surface area contributed by atoms with Crippen molar-refractivity contribution < 1.29 is 19.1 Å². The predicted molar refractivity (Wildman–Crippen MR) is 168 cm³/mol. The van der Waals surface area contributed by atoms with Crippen molar-refractivity contribution in [2.75, 3.05) is 46.4 Å². The Morgan fingerprint density at radius 3 is 2.60 bits per heavy atom. The third-order valence-electron chi connectivity index (χ3n) is 7.91. The minimum absolute atomic E-state index is 0.0752. The molecule has 43 heavy (non-hydrogen) atoms. The van der Waals surface area contributed by atoms with Crippen LogP contribution in [0.1, 0.15) is 29.7 Å². The van der Waals surface area contributed by atoms with Crippen molar-refractivity contribution >= 4 is 22.9 Å². The molecule has 5 rings (SSSR count). The molecule has 1 aromatic heterocycles. The first-order valence-electron chi connectivity index (χ1n) is 14.9. The minimum Gasteiger partial charge on any atom is -0.496 e. The van der Waals surface area contributed by atoms with Crippen LogP contribution in [0.5, 0.6) is 5.75 Å². The number of fused-ring (bicyclic) bond motifs is 1. The van der Waals surface area contributed by atoms with Gasteiger partial charge in [-0.3, -0.25) is 9.69 Å². The first-order chi connectivity index (χ1) is 21.1. The number of hydrogen-bond acceptors (Lipinski definition) is 6. The number of carbonyl (C=O) groups is 2. The Morgan fingerprint density at radius 1 is 1.02 bits per heavy atom. The van der Waals surface area contributed by atoms with Crippen LogP contribution in [0.25, 0.3) is 10.9 Å². The molecule has 9 nitrogen and oxygen atoms in total. The van der Waals surface area contributed by atoms with Gasteiger partial charge in [-0.1, -0.05) is 66.7 Å². The summed E-state index contributed by atoms with van der Waals surface area (Å²) in [6, 6.07) is 25.8. The Bertz CT molecular complexity index is 1490. The zero-order valence-electron chi connectivity index (χ0n) is 24.9. The average molecular weight is 584 g/mol. The van der Waals surface area contributed by atoms with E-state index in [1.807, 2.05) is 66.9 Å². The fourth-order valence-corrected chi connectivity index (χ4v) is 5.85. The number of para-hydroxylation sites is 2. The van der Waals surface area contributed by atoms with E-state index in [2.05, 4.69) is 38.7 Å². The molecule has 9 heteroatoms. The summed E-state index contributed by atoms with van der Waals surface area (Å²) in [7, 11) is 1.62. The highest BCUT2D eigenvalue weighted by Crippen LogP contribution is 2.24. The largest absolute Gasteiger partial charge is 0.496 e. The third-order valence-corrected chi connectivity index (χ3v) is 7.91. The van der Waals surface area contributed by atoms with Gasteiger partial charge >= 0.3 is 6.09 Å². The summed E-state index contributed by atoms with van der Waals surface area (Å²) in [6.07, 6.45) is 2.10. The van der Waals surface area contributed by atoms with Crippen LogP contribution in [0.2, 0.25) is 0 Å². The van der Waals surface area contributed by atoms with Gasteiger partial charge in [-0.25, -0.2) is 4.79 Å². The topological polar surface area (TPSA) is 98.9 Å². The molecule has 1 aliphatic rings. The molecule has 1 aliphatic heterocycles. The summed E-state index contributed by atoms with van der Waals surface area (Å²) < 4.78 is 11.0. The second-order valence-corrected chi connectivity index (χ2v) is 10.8. The van der Waals surface area contributed by atoms with Crippen molar-refractivity contribution in [3.05, 3.63) is 102 Å². The van der Waals surface area contributed by atoms with E-state index in [0.29, 0.717) is 12.2 Å². The molecule has 3 N–H and O–H groups in total. The molecule has 2 unspecified atom stereocenters. The fraction of sp³-hybridized carbons (Fsp3) is 0.353. The van der Waals surface area contributed by atoms with E-state index in [9.17, 15) is 9.59 Å². The number of rotatable bonds is 12. The molecule has 2 amide bonds. The number of H-pyrrole nitrogens is 1. The zero-order chi connectivity index (χ0) is 30.0. The second-order valence-electron chi connectivity index (χ2n) is 10.8. The maximum atomic E-state index is 13.7. The smallest absolute Gasteiger partial charge is 0.410 e. The molecule has 0 spiro atoms. The molecule has 0 bridgehead atoms. The molecule has 1 fully saturated rings. The van der Waals surface area contributed by atoms with Crippen LogP contribution >= 0.6 is 0 Å². The number of ether oxygens (including phenoxy) is 2. The first kappa shape index (κ1) is 30.1. The van der Waals surface area contributed by atoms with E-state index >= 15 is 0 Å². The van der Waals surface area contributed by atoms with Gasteiger partial charge in [0.25, 0.3) is 0 Å². The molecule has 226 valence electrons. The molecule has 1 saturated heterocycles. The molecular formula is C34H41N5O4. The number of aromatic amines is 1. The number of nitrogens with one attached hydrogen (secondary N) is 3. The Hall–Kier alpha value is -4.34. The van der Waals surface area contributed by atoms with E-state index in [1.165, 1.54) is 5.56 Å². The first-order valence-corrected chi connectivity index (χ1v) is 14.9. The summed E-state index contributed by atoms with van der Waals surface area (Å²) in [5.41, 5.74) is 4.15. The van der Waals surface area contributed by atoms with Gasteiger partial charge in [0, 0.05) is 54.9 Å². The highest BCUT2D eigenvalue weighted by molar-refractivity contribution is 5.83. The van der Waals surface area contributed by atoms with Crippen LogP contribution in [-0.4, -0.2) is 79.3 Å². The lowest BCUT2D eigenvalue weighted by Gasteiger charge is -2.36. The number of nitrogens with zero attached hydrogens (tertiary/aromatic N) is 2. The second kappa shape index (κ2) is 14.7. The van der Waals surface area contributed by atoms with E-state index in [-0.39, 0.29) is 44.2 Å². The number of carbonyl (C=O) groups excluding carboxylic acids is 2. The van der Waals surface area contributed by atoms with E-state index in [1.54, 1.807) is 18.9 Å². The van der Waals surface area contributed by atoms with Gasteiger partial charge in [0.15, 0.2) is 0 Å². The zero-order valence-corrected chi connectivity index (χ0v) is 24.9. The maximum absolute atomic E-state index is 13.7. The molecule has 0 saturated carbocycles. The Balaban J connectivity index is 1.38. The van der Waals surface area contributed by atoms with Gasteiger partial charge in [-0.2, -0.15) is 0 Å². The summed E-state index contributed by atoms with van der Waals surface area (Å²) >= 11 is 0. The van der Waals surface area contributed by atoms with Crippen LogP contribution in [0.4, 0.5) is 4.79 Å². The summed E-state index contributed by atoms with van der Waals surface area (Å²) in [6.45, 7) is 5.24. The predicted octanol–water partition coefficient (Wildman–Crippen LogP) is 4.51. The lowest BCUT2D eigenvalue weighted by molar-refractivity contribution is -0.123. The highest BCUT2D eigenvalue weighted by atomic mass is 16.6. The Kier molecular flexibility index (Phi) is 10.3. The lowest BCUT2D eigenvalue weighted by Crippen LogP contribution is -2.52. The quantitative estimate of drug-likeness (QED) is 0.227. The Labute approximate surface area is 253 Å². The van der Waals surface area contributed by atoms with Crippen molar-refractivity contribution in [1.82, 2.24) is 25.4 Å². The third kappa shape index (κ3) is 7.74. The molecule has 2 atom stereocenters. The van der Waals surface area contributed by atoms with Crippen molar-refractivity contribution in [1.29, 1.82) is 0 Å². The molecule has 2 heterocycles. The molecule has 0 aliphatic carbocycles. The fourth-order valence-electron chi connectivity index (χ4n) is 5.85. The van der Waals surface area contributed by atoms with E-state index < -0.39 is 6.09 Å². The van der Waals surface area contributed by atoms with Crippen LogP contribution in [0.15, 0.2) is 85.1 Å². The van der Waals surface area contributed by atoms with Crippen molar-refractivity contribution in [3.8, 4) is 5.75 Å². The van der Waals surface area contributed by atoms with Gasteiger partial charge in [0.2, 0.25) is 5.91 Å². The number of methoxy groups -OCH3 is 1. The average Bonchev–Trinajstić information content (AvgIpc) is 3.44. The SMILES string of the molecule is CCOC(=O)N(Cc1ccccc1OC)CC(Cc1c[nH]c2ccccc12)NC(=O)CN1CCNCC1c1ccccc1. The molecule has 3 aromatic carbocycles. The molecule has 4 aromatic rings. The summed E-state index contributed by atoms with van der Waals surface area (Å²) in [5, 5.41) is 7.85. The van der Waals surface area contributed by atoms with Gasteiger partial charge in [-0.05, 0) is 36.6 Å². The minimum atomic E-state index is -0.433. The Morgan fingerprint density at radius 2 is 1.79 bits per heavy atom. The number of hydrogen-bond donors (Lipinski definition) is 3. The van der Waals surface area contributed by atoms with Crippen LogP contribution < -0.4 is 15.4 Å². The van der Waals surface area contributed by atoms with Gasteiger partial charge in [-0.15, -0.1) is 0 Å². The monoisotopic (exact) mass is 583 g/mol. The number of amides is 2. The van der Waals surface area contributed by atoms with Crippen LogP contribution in [0, 0.1) is 0 Å². The van der Waals surface area contributed by atoms with Gasteiger partial charge < -0.3 is 30.0 Å². The standard InChI is InChI=1S/C34H41N5O4/c1-3-43-34(41)39(22-26-13-7-10-16-32(26)42-2)23-28(19-27-20-36-30-15-9-8-14-29(27)30)37-33(40)24-38-18-17-35-21-31(38)25-11-5-4-6-12-25/h4-16,20,28,31,35-36H,3,17-19,21-24H2,1-2H3,(H,37,40). The number of aromatic nitrogens is 1. The lowest BCUT2D eigenvalue weighted by atomic mass is 10.0. The van der Waals surface area contributed by atoms with Crippen molar-refractivity contribution in [2.24, 2.45) is 0 Å². The summed E-state index contributed by atoms with van der Waals surface area (Å²) in [5.74, 6) is 0.619. The maximum Gasteiger partial charge on any atom is 0.410 e. The van der Waals surface area contributed by atoms with Crippen LogP contribution in [0.3, 0.4) is 0 Å². The normalized spacial score (nSPS) is 16.0. The summed E-state index contributed by atoms with van der Waals surface area (Å²) in [4.78, 5) is 34.1. The number of benzene rings is 3. The van der Waals surface area contributed by atoms with Crippen molar-refractivity contribution in [3.63, 3.8) is 0 Å². The van der Waals surface area contributed by atoms with E-state index in [4.69, 9.17) is 9.47 Å². The van der Waals surface area contributed by atoms with Crippen LogP contribution in [-0.2, 0) is 22.5 Å². The molecular weight excluding hydrogens is 542 g/mol. The van der Waals surface area contributed by atoms with Gasteiger partial charge in [0.1, 0.15) is 5.75 Å². The highest BCUT2D eigenvalue weighted by Gasteiger charge is 2.28. The molecule has 0 radical (unpaired) electrons.